The molecule has 4 nitrogen and oxygen atoms in total. The number of carbonyl (C=O) groups is 1. The quantitative estimate of drug-likeness (QED) is 0.749. The van der Waals surface area contributed by atoms with Gasteiger partial charge in [-0.25, -0.2) is 4.39 Å². The molecule has 27 heavy (non-hydrogen) atoms. The number of halogens is 3. The molecule has 1 aliphatic rings. The van der Waals surface area contributed by atoms with E-state index in [0.717, 1.165) is 5.56 Å². The molecule has 0 aliphatic carbocycles. The number of carboxylic acids is 1. The lowest BCUT2D eigenvalue weighted by Crippen LogP contribution is -2.39. The Kier molecular flexibility index (Phi) is 6.25. The first-order chi connectivity index (χ1) is 12.9. The molecule has 1 heterocycles. The van der Waals surface area contributed by atoms with Gasteiger partial charge >= 0.3 is 5.97 Å². The standard InChI is InChI=1S/C20H20Cl2FNO3/c1-27-18-5-3-14(23)11-16(18)19(15-4-2-13(21)10-17(15)22)24-8-6-12(7-9-24)20(25)26/h2-5,10-12,19H,6-9H2,1H3,(H,25,26). The van der Waals surface area contributed by atoms with Gasteiger partial charge in [-0.15, -0.1) is 0 Å². The summed E-state index contributed by atoms with van der Waals surface area (Å²) in [6.45, 7) is 1.11. The van der Waals surface area contributed by atoms with Gasteiger partial charge in [0, 0.05) is 15.6 Å². The molecule has 1 N–H and O–H groups in total. The van der Waals surface area contributed by atoms with E-state index in [1.165, 1.54) is 19.2 Å². The van der Waals surface area contributed by atoms with Crippen LogP contribution in [0.5, 0.6) is 5.75 Å². The maximum Gasteiger partial charge on any atom is 0.306 e. The summed E-state index contributed by atoms with van der Waals surface area (Å²) >= 11 is 12.5. The lowest BCUT2D eigenvalue weighted by molar-refractivity contribution is -0.143. The number of likely N-dealkylation sites (tertiary alicyclic amines) is 1. The smallest absolute Gasteiger partial charge is 0.306 e. The number of piperidine rings is 1. The van der Waals surface area contributed by atoms with Crippen molar-refractivity contribution in [3.63, 3.8) is 0 Å². The molecular weight excluding hydrogens is 392 g/mol. The number of benzene rings is 2. The summed E-state index contributed by atoms with van der Waals surface area (Å²) in [5.74, 6) is -0.967. The van der Waals surface area contributed by atoms with Gasteiger partial charge in [0.05, 0.1) is 19.1 Å². The topological polar surface area (TPSA) is 49.8 Å². The Morgan fingerprint density at radius 2 is 1.89 bits per heavy atom. The van der Waals surface area contributed by atoms with Crippen LogP contribution in [0.2, 0.25) is 10.0 Å². The molecule has 0 saturated carbocycles. The van der Waals surface area contributed by atoms with E-state index >= 15 is 0 Å². The Balaban J connectivity index is 2.05. The van der Waals surface area contributed by atoms with Crippen molar-refractivity contribution < 1.29 is 19.0 Å². The number of methoxy groups -OCH3 is 1. The maximum absolute atomic E-state index is 14.1. The molecule has 0 aromatic heterocycles. The maximum atomic E-state index is 14.1. The fraction of sp³-hybridized carbons (Fsp3) is 0.350. The Morgan fingerprint density at radius 3 is 2.48 bits per heavy atom. The van der Waals surface area contributed by atoms with Crippen LogP contribution in [-0.2, 0) is 4.79 Å². The highest BCUT2D eigenvalue weighted by Crippen LogP contribution is 2.40. The molecule has 0 bridgehead atoms. The van der Waals surface area contributed by atoms with Crippen molar-refractivity contribution in [3.8, 4) is 5.75 Å². The predicted octanol–water partition coefficient (Wildman–Crippen LogP) is 5.03. The van der Waals surface area contributed by atoms with E-state index in [1.807, 2.05) is 6.07 Å². The zero-order valence-electron chi connectivity index (χ0n) is 14.8. The van der Waals surface area contributed by atoms with E-state index < -0.39 is 5.97 Å². The van der Waals surface area contributed by atoms with Gasteiger partial charge < -0.3 is 9.84 Å². The van der Waals surface area contributed by atoms with E-state index in [0.29, 0.717) is 47.3 Å². The van der Waals surface area contributed by atoms with Crippen LogP contribution >= 0.6 is 23.2 Å². The van der Waals surface area contributed by atoms with Crippen LogP contribution in [0.4, 0.5) is 4.39 Å². The SMILES string of the molecule is COc1ccc(F)cc1C(c1ccc(Cl)cc1Cl)N1CCC(C(=O)O)CC1. The second-order valence-corrected chi connectivity index (χ2v) is 7.45. The van der Waals surface area contributed by atoms with E-state index in [-0.39, 0.29) is 17.8 Å². The third-order valence-electron chi connectivity index (χ3n) is 4.99. The highest BCUT2D eigenvalue weighted by molar-refractivity contribution is 6.35. The molecule has 0 radical (unpaired) electrons. The average molecular weight is 412 g/mol. The molecule has 7 heteroatoms. The first-order valence-electron chi connectivity index (χ1n) is 8.66. The molecule has 1 saturated heterocycles. The van der Waals surface area contributed by atoms with E-state index in [2.05, 4.69) is 4.90 Å². The normalized spacial score (nSPS) is 16.9. The number of rotatable bonds is 5. The summed E-state index contributed by atoms with van der Waals surface area (Å²) in [6.07, 6.45) is 1.04. The van der Waals surface area contributed by atoms with Gasteiger partial charge in [-0.3, -0.25) is 9.69 Å². The zero-order valence-corrected chi connectivity index (χ0v) is 16.3. The minimum atomic E-state index is -0.779. The van der Waals surface area contributed by atoms with Crippen LogP contribution < -0.4 is 4.74 Å². The van der Waals surface area contributed by atoms with E-state index in [9.17, 15) is 14.3 Å². The molecule has 1 atom stereocenters. The Labute approximate surface area is 167 Å². The highest BCUT2D eigenvalue weighted by Gasteiger charge is 2.32. The number of nitrogens with zero attached hydrogens (tertiary/aromatic N) is 1. The molecule has 144 valence electrons. The summed E-state index contributed by atoms with van der Waals surface area (Å²) in [6, 6.07) is 9.23. The molecule has 1 fully saturated rings. The molecule has 2 aromatic carbocycles. The average Bonchev–Trinajstić information content (AvgIpc) is 2.64. The van der Waals surface area contributed by atoms with Gasteiger partial charge in [0.1, 0.15) is 11.6 Å². The largest absolute Gasteiger partial charge is 0.496 e. The number of carboxylic acid groups (broad SMARTS) is 1. The van der Waals surface area contributed by atoms with Gasteiger partial charge in [0.2, 0.25) is 0 Å². The van der Waals surface area contributed by atoms with Crippen LogP contribution in [0.3, 0.4) is 0 Å². The lowest BCUT2D eigenvalue weighted by Gasteiger charge is -2.38. The number of hydrogen-bond acceptors (Lipinski definition) is 3. The van der Waals surface area contributed by atoms with Crippen molar-refractivity contribution in [2.45, 2.75) is 18.9 Å². The van der Waals surface area contributed by atoms with Gasteiger partial charge in [-0.1, -0.05) is 29.3 Å². The van der Waals surface area contributed by atoms with Gasteiger partial charge in [0.15, 0.2) is 0 Å². The summed E-state index contributed by atoms with van der Waals surface area (Å²) in [5, 5.41) is 10.3. The van der Waals surface area contributed by atoms with E-state index in [4.69, 9.17) is 27.9 Å². The third kappa shape index (κ3) is 4.37. The Morgan fingerprint density at radius 1 is 1.19 bits per heavy atom. The fourth-order valence-corrected chi connectivity index (χ4v) is 4.12. The summed E-state index contributed by atoms with van der Waals surface area (Å²) in [7, 11) is 1.54. The van der Waals surface area contributed by atoms with Crippen molar-refractivity contribution in [1.82, 2.24) is 4.90 Å². The molecular formula is C20H20Cl2FNO3. The first kappa shape index (κ1) is 19.9. The molecule has 3 rings (SSSR count). The van der Waals surface area contributed by atoms with Gasteiger partial charge in [0.25, 0.3) is 0 Å². The Bertz CT molecular complexity index is 838. The predicted molar refractivity (Wildman–Crippen MR) is 103 cm³/mol. The second kappa shape index (κ2) is 8.46. The molecule has 1 aliphatic heterocycles. The first-order valence-corrected chi connectivity index (χ1v) is 9.41. The number of ether oxygens (including phenoxy) is 1. The van der Waals surface area contributed by atoms with Crippen molar-refractivity contribution in [1.29, 1.82) is 0 Å². The van der Waals surface area contributed by atoms with Crippen LogP contribution in [0.25, 0.3) is 0 Å². The molecule has 2 aromatic rings. The number of hydrogen-bond donors (Lipinski definition) is 1. The Hall–Kier alpha value is -1.82. The minimum absolute atomic E-state index is 0.364. The lowest BCUT2D eigenvalue weighted by atomic mass is 9.91. The number of aliphatic carboxylic acids is 1. The van der Waals surface area contributed by atoms with E-state index in [1.54, 1.807) is 18.2 Å². The molecule has 0 amide bonds. The zero-order chi connectivity index (χ0) is 19.6. The van der Waals surface area contributed by atoms with Gasteiger partial charge in [-0.2, -0.15) is 0 Å². The summed E-state index contributed by atoms with van der Waals surface area (Å²) < 4.78 is 19.5. The third-order valence-corrected chi connectivity index (χ3v) is 5.55. The summed E-state index contributed by atoms with van der Waals surface area (Å²) in [4.78, 5) is 13.4. The second-order valence-electron chi connectivity index (χ2n) is 6.60. The minimum Gasteiger partial charge on any atom is -0.496 e. The molecule has 1 unspecified atom stereocenters. The van der Waals surface area contributed by atoms with Crippen molar-refractivity contribution in [2.24, 2.45) is 5.92 Å². The monoisotopic (exact) mass is 411 g/mol. The highest BCUT2D eigenvalue weighted by atomic mass is 35.5. The van der Waals surface area contributed by atoms with Crippen LogP contribution in [0, 0.1) is 11.7 Å². The van der Waals surface area contributed by atoms with Crippen LogP contribution in [0.1, 0.15) is 30.0 Å². The molecule has 0 spiro atoms. The summed E-state index contributed by atoms with van der Waals surface area (Å²) in [5.41, 5.74) is 1.43. The fourth-order valence-electron chi connectivity index (χ4n) is 3.61. The van der Waals surface area contributed by atoms with Crippen molar-refractivity contribution in [2.75, 3.05) is 20.2 Å². The van der Waals surface area contributed by atoms with Crippen LogP contribution in [0.15, 0.2) is 36.4 Å². The van der Waals surface area contributed by atoms with Crippen molar-refractivity contribution in [3.05, 3.63) is 63.4 Å². The van der Waals surface area contributed by atoms with Crippen molar-refractivity contribution >= 4 is 29.2 Å². The van der Waals surface area contributed by atoms with Gasteiger partial charge in [-0.05, 0) is 61.8 Å². The van der Waals surface area contributed by atoms with Crippen LogP contribution in [-0.4, -0.2) is 36.2 Å².